The molecule has 0 aliphatic carbocycles. The third-order valence-corrected chi connectivity index (χ3v) is 3.95. The molecule has 124 valence electrons. The van der Waals surface area contributed by atoms with Crippen molar-refractivity contribution in [1.29, 1.82) is 0 Å². The zero-order valence-corrected chi connectivity index (χ0v) is 11.7. The molecule has 1 aromatic rings. The van der Waals surface area contributed by atoms with Crippen LogP contribution in [-0.2, 0) is 16.4 Å². The SMILES string of the molecule is BCc1cccc(OC(C(F)(F)F)(C(F)(F)F)S(=O)(=O)O)c1. The fraction of sp³-hybridized carbons (Fsp3) is 0.400. The molecule has 0 bridgehead atoms. The van der Waals surface area contributed by atoms with E-state index in [1.54, 1.807) is 7.85 Å². The average molecular weight is 350 g/mol. The van der Waals surface area contributed by atoms with Gasteiger partial charge < -0.3 is 4.74 Å². The van der Waals surface area contributed by atoms with Gasteiger partial charge in [0.05, 0.1) is 0 Å². The normalized spacial score (nSPS) is 14.0. The fourth-order valence-electron chi connectivity index (χ4n) is 1.62. The molecule has 22 heavy (non-hydrogen) atoms. The highest BCUT2D eigenvalue weighted by Gasteiger charge is 2.82. The van der Waals surface area contributed by atoms with Gasteiger partial charge in [0.1, 0.15) is 13.6 Å². The van der Waals surface area contributed by atoms with Gasteiger partial charge >= 0.3 is 27.4 Å². The quantitative estimate of drug-likeness (QED) is 0.512. The fourth-order valence-corrected chi connectivity index (χ4v) is 2.40. The summed E-state index contributed by atoms with van der Waals surface area (Å²) in [6, 6.07) is 4.02. The van der Waals surface area contributed by atoms with E-state index in [9.17, 15) is 34.8 Å². The molecule has 0 spiro atoms. The third kappa shape index (κ3) is 3.17. The number of benzene rings is 1. The molecule has 0 aliphatic rings. The predicted molar refractivity (Wildman–Crippen MR) is 65.7 cm³/mol. The highest BCUT2D eigenvalue weighted by Crippen LogP contribution is 2.49. The van der Waals surface area contributed by atoms with Crippen LogP contribution in [0.25, 0.3) is 0 Å². The minimum Gasteiger partial charge on any atom is -0.454 e. The Labute approximate surface area is 122 Å². The molecule has 0 aliphatic heterocycles. The number of rotatable bonds is 4. The zero-order valence-electron chi connectivity index (χ0n) is 10.9. The molecule has 0 aromatic heterocycles. The van der Waals surface area contributed by atoms with E-state index in [0.29, 0.717) is 5.56 Å². The van der Waals surface area contributed by atoms with E-state index in [-0.39, 0.29) is 6.32 Å². The largest absolute Gasteiger partial charge is 0.456 e. The Bertz CT molecular complexity index is 626. The first-order valence-corrected chi connectivity index (χ1v) is 7.08. The first-order chi connectivity index (χ1) is 9.76. The van der Waals surface area contributed by atoms with Crippen molar-refractivity contribution in [2.75, 3.05) is 0 Å². The lowest BCUT2D eigenvalue weighted by Crippen LogP contribution is -2.65. The lowest BCUT2D eigenvalue weighted by atomic mass is 9.97. The number of halogens is 6. The van der Waals surface area contributed by atoms with Crippen LogP contribution in [0.3, 0.4) is 0 Å². The predicted octanol–water partition coefficient (Wildman–Crippen LogP) is 1.91. The standard InChI is InChI=1S/C10H9BF6O4S/c11-5-6-2-1-3-7(4-6)21-8(9(12,13)14,10(15,16)17)22(18,19)20/h1-4H,5,11H2,(H,18,19,20). The van der Waals surface area contributed by atoms with Crippen molar-refractivity contribution in [2.45, 2.75) is 23.6 Å². The number of ether oxygens (including phenoxy) is 1. The van der Waals surface area contributed by atoms with Crippen LogP contribution in [0.1, 0.15) is 5.56 Å². The van der Waals surface area contributed by atoms with Crippen LogP contribution in [0.2, 0.25) is 0 Å². The molecule has 12 heteroatoms. The van der Waals surface area contributed by atoms with E-state index >= 15 is 0 Å². The van der Waals surface area contributed by atoms with Gasteiger partial charge in [-0.1, -0.05) is 24.0 Å². The van der Waals surface area contributed by atoms with E-state index in [0.717, 1.165) is 18.2 Å². The second kappa shape index (κ2) is 5.65. The summed E-state index contributed by atoms with van der Waals surface area (Å²) in [4.78, 5) is -5.76. The molecular formula is C10H9BF6O4S. The van der Waals surface area contributed by atoms with Gasteiger partial charge in [-0.3, -0.25) is 4.55 Å². The second-order valence-electron chi connectivity index (χ2n) is 4.19. The van der Waals surface area contributed by atoms with E-state index < -0.39 is 33.2 Å². The van der Waals surface area contributed by atoms with E-state index in [2.05, 4.69) is 4.74 Å². The lowest BCUT2D eigenvalue weighted by Gasteiger charge is -2.34. The molecule has 0 unspecified atom stereocenters. The van der Waals surface area contributed by atoms with Gasteiger partial charge in [-0.15, -0.1) is 0 Å². The molecule has 0 heterocycles. The van der Waals surface area contributed by atoms with Crippen molar-refractivity contribution in [3.63, 3.8) is 0 Å². The van der Waals surface area contributed by atoms with E-state index in [1.807, 2.05) is 0 Å². The number of alkyl halides is 6. The maximum Gasteiger partial charge on any atom is 0.456 e. The molecule has 1 rings (SSSR count). The van der Waals surface area contributed by atoms with Crippen molar-refractivity contribution < 1.29 is 44.0 Å². The van der Waals surface area contributed by atoms with Crippen LogP contribution in [0.15, 0.2) is 24.3 Å². The molecule has 0 saturated heterocycles. The lowest BCUT2D eigenvalue weighted by molar-refractivity contribution is -0.322. The first-order valence-electron chi connectivity index (χ1n) is 5.64. The van der Waals surface area contributed by atoms with Crippen LogP contribution in [0.5, 0.6) is 5.75 Å². The van der Waals surface area contributed by atoms with Crippen molar-refractivity contribution in [3.05, 3.63) is 29.8 Å². The molecule has 0 fully saturated rings. The Kier molecular flexibility index (Phi) is 4.78. The Hall–Kier alpha value is -1.43. The summed E-state index contributed by atoms with van der Waals surface area (Å²) in [6.07, 6.45) is -12.7. The zero-order chi connectivity index (χ0) is 17.4. The van der Waals surface area contributed by atoms with Gasteiger partial charge in [-0.25, -0.2) is 0 Å². The van der Waals surface area contributed by atoms with E-state index in [1.165, 1.54) is 6.07 Å². The van der Waals surface area contributed by atoms with Gasteiger partial charge in [0.25, 0.3) is 0 Å². The van der Waals surface area contributed by atoms with Crippen LogP contribution in [0, 0.1) is 0 Å². The molecule has 0 amide bonds. The molecule has 0 radical (unpaired) electrons. The maximum absolute atomic E-state index is 12.9. The smallest absolute Gasteiger partial charge is 0.454 e. The van der Waals surface area contributed by atoms with Crippen LogP contribution >= 0.6 is 0 Å². The summed E-state index contributed by atoms with van der Waals surface area (Å²) in [6.45, 7) is 0. The highest BCUT2D eigenvalue weighted by molar-refractivity contribution is 7.87. The minimum absolute atomic E-state index is 0.258. The first kappa shape index (κ1) is 18.6. The maximum atomic E-state index is 12.9. The van der Waals surface area contributed by atoms with Crippen LogP contribution < -0.4 is 4.74 Å². The van der Waals surface area contributed by atoms with Gasteiger partial charge in [0, 0.05) is 0 Å². The summed E-state index contributed by atoms with van der Waals surface area (Å²) in [5, 5.41) is 0. The van der Waals surface area contributed by atoms with Crippen LogP contribution in [-0.4, -0.2) is 38.1 Å². The summed E-state index contributed by atoms with van der Waals surface area (Å²) >= 11 is 0. The molecular weight excluding hydrogens is 341 g/mol. The molecule has 4 nitrogen and oxygen atoms in total. The summed E-state index contributed by atoms with van der Waals surface area (Å²) < 4.78 is 111. The van der Waals surface area contributed by atoms with Gasteiger partial charge in [-0.05, 0) is 12.1 Å². The van der Waals surface area contributed by atoms with Gasteiger partial charge in [0.2, 0.25) is 0 Å². The van der Waals surface area contributed by atoms with Crippen molar-refractivity contribution in [3.8, 4) is 5.75 Å². The summed E-state index contributed by atoms with van der Waals surface area (Å²) in [5.74, 6) is -0.994. The van der Waals surface area contributed by atoms with Crippen molar-refractivity contribution in [1.82, 2.24) is 0 Å². The number of hydrogen-bond acceptors (Lipinski definition) is 3. The molecule has 1 aromatic carbocycles. The summed E-state index contributed by atoms with van der Waals surface area (Å²) in [7, 11) is -5.16. The van der Waals surface area contributed by atoms with Crippen molar-refractivity contribution in [2.24, 2.45) is 0 Å². The molecule has 0 atom stereocenters. The minimum atomic E-state index is -6.73. The molecule has 1 N–H and O–H groups in total. The van der Waals surface area contributed by atoms with Gasteiger partial charge in [-0.2, -0.15) is 34.8 Å². The number of hydrogen-bond donors (Lipinski definition) is 1. The highest BCUT2D eigenvalue weighted by atomic mass is 32.2. The third-order valence-electron chi connectivity index (χ3n) is 2.68. The monoisotopic (exact) mass is 350 g/mol. The Balaban J connectivity index is 3.58. The van der Waals surface area contributed by atoms with Crippen LogP contribution in [0.4, 0.5) is 26.3 Å². The van der Waals surface area contributed by atoms with Crippen molar-refractivity contribution >= 4 is 18.0 Å². The van der Waals surface area contributed by atoms with Gasteiger partial charge in [0.15, 0.2) is 0 Å². The van der Waals surface area contributed by atoms with E-state index in [4.69, 9.17) is 4.55 Å². The Morgan fingerprint density at radius 2 is 1.59 bits per heavy atom. The Morgan fingerprint density at radius 3 is 1.95 bits per heavy atom. The summed E-state index contributed by atoms with van der Waals surface area (Å²) in [5.41, 5.74) is 0.311. The average Bonchev–Trinajstić information content (AvgIpc) is 2.31. The Morgan fingerprint density at radius 1 is 1.09 bits per heavy atom. The molecule has 0 saturated carbocycles. The second-order valence-corrected chi connectivity index (χ2v) is 5.72. The topological polar surface area (TPSA) is 63.6 Å².